The van der Waals surface area contributed by atoms with Crippen molar-refractivity contribution < 1.29 is 41.5 Å². The van der Waals surface area contributed by atoms with E-state index in [9.17, 15) is 23.2 Å². The Balaban J connectivity index is 1.37. The highest BCUT2D eigenvalue weighted by molar-refractivity contribution is 7.09. The molecule has 2 aromatic rings. The van der Waals surface area contributed by atoms with Crippen LogP contribution in [-0.2, 0) is 20.9 Å². The van der Waals surface area contributed by atoms with E-state index in [1.165, 1.54) is 16.2 Å². The molecule has 3 amide bonds. The first kappa shape index (κ1) is 26.6. The molecule has 37 heavy (non-hydrogen) atoms. The van der Waals surface area contributed by atoms with Crippen LogP contribution < -0.4 is 15.1 Å². The Labute approximate surface area is 212 Å². The smallest absolute Gasteiger partial charge is 0.414 e. The van der Waals surface area contributed by atoms with Crippen LogP contribution in [0.3, 0.4) is 0 Å². The summed E-state index contributed by atoms with van der Waals surface area (Å²) in [5, 5.41) is 6.24. The molecule has 4 rings (SSSR count). The topological polar surface area (TPSA) is 104 Å². The number of nitrogens with one attached hydrogen (secondary N) is 1. The fourth-order valence-electron chi connectivity index (χ4n) is 3.92. The van der Waals surface area contributed by atoms with Crippen LogP contribution >= 0.6 is 11.3 Å². The Kier molecular flexibility index (Phi) is 8.43. The number of Topliss-reactive ketones (excluding diaryl/α,β-unsaturated/α-hetero) is 1. The lowest BCUT2D eigenvalue weighted by molar-refractivity contribution is -0.129. The summed E-state index contributed by atoms with van der Waals surface area (Å²) in [6.45, 7) is 0.257. The Morgan fingerprint density at radius 3 is 2.62 bits per heavy atom. The Bertz CT molecular complexity index is 1120. The average molecular weight is 546 g/mol. The minimum atomic E-state index is -3.11. The zero-order valence-corrected chi connectivity index (χ0v) is 20.2. The lowest BCUT2D eigenvalue weighted by Crippen LogP contribution is -2.41. The number of ketones is 1. The van der Waals surface area contributed by atoms with E-state index in [0.29, 0.717) is 5.01 Å². The number of nitrogens with zero attached hydrogens (tertiary/aromatic N) is 4. The number of hydrogen-bond donors (Lipinski definition) is 1. The Morgan fingerprint density at radius 2 is 1.95 bits per heavy atom. The molecule has 0 saturated carbocycles. The average Bonchev–Trinajstić information content (AvgIpc) is 3.44. The van der Waals surface area contributed by atoms with Gasteiger partial charge in [-0.15, -0.1) is 11.3 Å². The summed E-state index contributed by atoms with van der Waals surface area (Å²) in [7, 11) is 0. The second kappa shape index (κ2) is 11.7. The van der Waals surface area contributed by atoms with Gasteiger partial charge in [0.05, 0.1) is 31.9 Å². The molecule has 10 nitrogen and oxygen atoms in total. The maximum absolute atomic E-state index is 15.1. The molecule has 0 spiro atoms. The van der Waals surface area contributed by atoms with Crippen molar-refractivity contribution in [2.45, 2.75) is 31.9 Å². The minimum absolute atomic E-state index is 0.0111. The molecule has 2 fully saturated rings. The lowest BCUT2D eigenvalue weighted by Gasteiger charge is -2.24. The van der Waals surface area contributed by atoms with Crippen LogP contribution in [0, 0.1) is 11.6 Å². The van der Waals surface area contributed by atoms with Crippen molar-refractivity contribution in [2.75, 3.05) is 42.6 Å². The summed E-state index contributed by atoms with van der Waals surface area (Å²) >= 11 is 1.38. The fraction of sp³-hybridized carbons (Fsp3) is 0.455. The zero-order chi connectivity index (χ0) is 26.5. The van der Waals surface area contributed by atoms with Gasteiger partial charge in [0.1, 0.15) is 16.8 Å². The molecule has 2 aliphatic heterocycles. The number of carbonyl (C=O) groups excluding carboxylic acids is 3. The summed E-state index contributed by atoms with van der Waals surface area (Å²) in [6, 6.07) is 1.43. The molecule has 0 aliphatic carbocycles. The third kappa shape index (κ3) is 6.46. The molecule has 1 atom stereocenters. The second-order valence-corrected chi connectivity index (χ2v) is 9.17. The molecule has 1 aromatic heterocycles. The number of alkyl halides is 2. The molecule has 0 radical (unpaired) electrons. The van der Waals surface area contributed by atoms with Crippen LogP contribution in [0.2, 0.25) is 0 Å². The summed E-state index contributed by atoms with van der Waals surface area (Å²) < 4.78 is 59.9. The van der Waals surface area contributed by atoms with Crippen molar-refractivity contribution >= 4 is 40.6 Å². The van der Waals surface area contributed by atoms with Gasteiger partial charge in [-0.05, 0) is 6.42 Å². The highest BCUT2D eigenvalue weighted by atomic mass is 32.1. The number of halogens is 4. The monoisotopic (exact) mass is 545 g/mol. The summed E-state index contributed by atoms with van der Waals surface area (Å²) in [5.41, 5.74) is -0.454. The van der Waals surface area contributed by atoms with Crippen LogP contribution in [0.1, 0.15) is 17.8 Å². The second-order valence-electron chi connectivity index (χ2n) is 8.19. The zero-order valence-electron chi connectivity index (χ0n) is 19.4. The number of cyclic esters (lactones) is 1. The van der Waals surface area contributed by atoms with Crippen molar-refractivity contribution in [1.29, 1.82) is 0 Å². The molecule has 2 aliphatic rings. The van der Waals surface area contributed by atoms with E-state index in [4.69, 9.17) is 9.57 Å². The fourth-order valence-corrected chi connectivity index (χ4v) is 4.47. The molecule has 0 unspecified atom stereocenters. The SMILES string of the molecule is O=C(CC[C@H]1CN(c2cc(F)c(N3CCON(C(=O)NCc4nccs4)CC3)c(F)c2)C(=O)O1)C(F)F. The van der Waals surface area contributed by atoms with Gasteiger partial charge >= 0.3 is 12.1 Å². The maximum atomic E-state index is 15.1. The number of benzene rings is 1. The van der Waals surface area contributed by atoms with Crippen LogP contribution in [0.4, 0.5) is 38.5 Å². The molecule has 1 aromatic carbocycles. The molecule has 0 bridgehead atoms. The first-order valence-electron chi connectivity index (χ1n) is 11.3. The summed E-state index contributed by atoms with van der Waals surface area (Å²) in [4.78, 5) is 47.6. The van der Waals surface area contributed by atoms with Crippen LogP contribution in [0.25, 0.3) is 0 Å². The quantitative estimate of drug-likeness (QED) is 0.508. The normalized spacial score (nSPS) is 18.2. The van der Waals surface area contributed by atoms with E-state index >= 15 is 8.78 Å². The van der Waals surface area contributed by atoms with Gasteiger partial charge < -0.3 is 15.0 Å². The minimum Gasteiger partial charge on any atom is -0.444 e. The number of hydroxylamine groups is 2. The van der Waals surface area contributed by atoms with Crippen molar-refractivity contribution in [3.8, 4) is 0 Å². The van der Waals surface area contributed by atoms with Crippen LogP contribution in [0.15, 0.2) is 23.7 Å². The van der Waals surface area contributed by atoms with Gasteiger partial charge in [-0.1, -0.05) is 0 Å². The van der Waals surface area contributed by atoms with E-state index in [1.807, 2.05) is 0 Å². The maximum Gasteiger partial charge on any atom is 0.414 e. The van der Waals surface area contributed by atoms with Crippen molar-refractivity contribution in [3.63, 3.8) is 0 Å². The van der Waals surface area contributed by atoms with Gasteiger partial charge in [-0.3, -0.25) is 14.5 Å². The van der Waals surface area contributed by atoms with Crippen molar-refractivity contribution in [1.82, 2.24) is 15.4 Å². The van der Waals surface area contributed by atoms with Crippen molar-refractivity contribution in [2.24, 2.45) is 0 Å². The number of aromatic nitrogens is 1. The van der Waals surface area contributed by atoms with E-state index in [-0.39, 0.29) is 57.1 Å². The first-order chi connectivity index (χ1) is 17.7. The van der Waals surface area contributed by atoms with E-state index in [1.54, 1.807) is 11.6 Å². The van der Waals surface area contributed by atoms with Gasteiger partial charge in [-0.2, -0.15) is 0 Å². The molecule has 3 heterocycles. The highest BCUT2D eigenvalue weighted by Gasteiger charge is 2.34. The molecule has 200 valence electrons. The van der Waals surface area contributed by atoms with Gasteiger partial charge in [0, 0.05) is 43.2 Å². The first-order valence-corrected chi connectivity index (χ1v) is 12.2. The van der Waals surface area contributed by atoms with Crippen LogP contribution in [-0.4, -0.2) is 73.3 Å². The number of ether oxygens (including phenoxy) is 1. The van der Waals surface area contributed by atoms with Gasteiger partial charge in [0.25, 0.3) is 6.43 Å². The predicted molar refractivity (Wildman–Crippen MR) is 123 cm³/mol. The Hall–Kier alpha value is -3.46. The number of urea groups is 1. The number of carbonyl (C=O) groups is 3. The third-order valence-corrected chi connectivity index (χ3v) is 6.52. The Morgan fingerprint density at radius 1 is 1.19 bits per heavy atom. The largest absolute Gasteiger partial charge is 0.444 e. The molecule has 15 heteroatoms. The molecule has 1 N–H and O–H groups in total. The third-order valence-electron chi connectivity index (χ3n) is 5.74. The van der Waals surface area contributed by atoms with Gasteiger partial charge in [0.15, 0.2) is 17.4 Å². The van der Waals surface area contributed by atoms with Crippen molar-refractivity contribution in [3.05, 3.63) is 40.4 Å². The predicted octanol–water partition coefficient (Wildman–Crippen LogP) is 3.32. The molecular formula is C22H23F4N5O5S. The molecule has 2 saturated heterocycles. The number of anilines is 2. The highest BCUT2D eigenvalue weighted by Crippen LogP contribution is 2.32. The number of thiazole rings is 1. The standard InChI is InChI=1S/C22H23F4N5O5S/c23-15-9-13(30-12-14(36-22(30)34)1-2-17(32)20(25)26)10-16(24)19(15)29-4-5-31(35-7-6-29)21(33)28-11-18-27-3-8-37-18/h3,8-10,14,20H,1-2,4-7,11-12H2,(H,28,33)/t14-/m0/s1. The van der Waals surface area contributed by atoms with Gasteiger partial charge in [0.2, 0.25) is 0 Å². The van der Waals surface area contributed by atoms with E-state index in [0.717, 1.165) is 22.1 Å². The van der Waals surface area contributed by atoms with Crippen LogP contribution in [0.5, 0.6) is 0 Å². The van der Waals surface area contributed by atoms with Gasteiger partial charge in [-0.25, -0.2) is 37.2 Å². The summed E-state index contributed by atoms with van der Waals surface area (Å²) in [5.74, 6) is -3.16. The number of hydrogen-bond acceptors (Lipinski definition) is 8. The number of rotatable bonds is 8. The van der Waals surface area contributed by atoms with E-state index < -0.39 is 48.5 Å². The van der Waals surface area contributed by atoms with E-state index in [2.05, 4.69) is 10.3 Å². The molecular weight excluding hydrogens is 522 g/mol. The lowest BCUT2D eigenvalue weighted by atomic mass is 10.1. The number of amides is 3. The summed E-state index contributed by atoms with van der Waals surface area (Å²) in [6.07, 6.45) is -3.87.